The molecule has 1 aromatic rings. The summed E-state index contributed by atoms with van der Waals surface area (Å²) in [5, 5.41) is 9.19. The summed E-state index contributed by atoms with van der Waals surface area (Å²) in [4.78, 5) is 25.0. The molecule has 0 saturated carbocycles. The van der Waals surface area contributed by atoms with Gasteiger partial charge in [-0.15, -0.1) is 11.8 Å². The minimum Gasteiger partial charge on any atom is -0.497 e. The number of carboxylic acids is 1. The van der Waals surface area contributed by atoms with E-state index in [-0.39, 0.29) is 11.3 Å². The molecule has 1 aliphatic heterocycles. The van der Waals surface area contributed by atoms with Crippen molar-refractivity contribution in [3.05, 3.63) is 29.8 Å². The molecule has 0 aromatic heterocycles. The van der Waals surface area contributed by atoms with E-state index in [1.165, 1.54) is 23.6 Å². The maximum absolute atomic E-state index is 12.0. The van der Waals surface area contributed by atoms with Crippen LogP contribution >= 0.6 is 11.8 Å². The minimum absolute atomic E-state index is 0.235. The number of methoxy groups -OCH3 is 1. The molecule has 0 bridgehead atoms. The lowest BCUT2D eigenvalue weighted by atomic mass is 10.0. The Bertz CT molecular complexity index is 555. The van der Waals surface area contributed by atoms with Crippen LogP contribution in [0.5, 0.6) is 5.75 Å². The Balaban J connectivity index is 2.42. The average molecular weight is 309 g/mol. The van der Waals surface area contributed by atoms with Crippen LogP contribution in [0.15, 0.2) is 24.3 Å². The second kappa shape index (κ2) is 5.60. The highest BCUT2D eigenvalue weighted by molar-refractivity contribution is 8.01. The average Bonchev–Trinajstić information content (AvgIpc) is 2.70. The summed E-state index contributed by atoms with van der Waals surface area (Å²) in [7, 11) is 1.59. The summed E-state index contributed by atoms with van der Waals surface area (Å²) in [6.07, 6.45) is 0. The first-order valence-electron chi connectivity index (χ1n) is 6.61. The van der Waals surface area contributed by atoms with Crippen molar-refractivity contribution in [1.82, 2.24) is 4.90 Å². The molecule has 0 spiro atoms. The number of aliphatic carboxylic acids is 1. The number of nitrogens with zero attached hydrogens (tertiary/aromatic N) is 1. The molecule has 1 aromatic carbocycles. The second-order valence-electron chi connectivity index (χ2n) is 5.51. The standard InChI is InChI=1S/C15H19NO4S/c1-9(17)16-12(14(18)19)15(2,3)21-13(16)10-5-7-11(20-4)8-6-10/h5-8,12-13H,1-4H3,(H,18,19). The van der Waals surface area contributed by atoms with Crippen LogP contribution in [0.2, 0.25) is 0 Å². The van der Waals surface area contributed by atoms with Crippen molar-refractivity contribution < 1.29 is 19.4 Å². The molecule has 6 heteroatoms. The van der Waals surface area contributed by atoms with Crippen LogP contribution in [0.4, 0.5) is 0 Å². The van der Waals surface area contributed by atoms with E-state index >= 15 is 0 Å². The maximum atomic E-state index is 12.0. The van der Waals surface area contributed by atoms with Gasteiger partial charge in [0, 0.05) is 11.7 Å². The van der Waals surface area contributed by atoms with Gasteiger partial charge in [0.2, 0.25) is 5.91 Å². The highest BCUT2D eigenvalue weighted by Gasteiger charge is 2.52. The molecule has 0 radical (unpaired) electrons. The molecule has 5 nitrogen and oxygen atoms in total. The zero-order chi connectivity index (χ0) is 15.8. The SMILES string of the molecule is COc1ccc(C2SC(C)(C)C(C(=O)O)N2C(C)=O)cc1. The summed E-state index contributed by atoms with van der Waals surface area (Å²) in [6, 6.07) is 6.52. The fourth-order valence-electron chi connectivity index (χ4n) is 2.64. The molecule has 21 heavy (non-hydrogen) atoms. The number of thioether (sulfide) groups is 1. The van der Waals surface area contributed by atoms with E-state index in [9.17, 15) is 14.7 Å². The zero-order valence-corrected chi connectivity index (χ0v) is 13.3. The summed E-state index contributed by atoms with van der Waals surface area (Å²) >= 11 is 1.49. The lowest BCUT2D eigenvalue weighted by Gasteiger charge is -2.28. The van der Waals surface area contributed by atoms with Crippen molar-refractivity contribution in [1.29, 1.82) is 0 Å². The highest BCUT2D eigenvalue weighted by Crippen LogP contribution is 2.52. The normalized spacial score (nSPS) is 23.9. The largest absolute Gasteiger partial charge is 0.497 e. The molecule has 0 aliphatic carbocycles. The van der Waals surface area contributed by atoms with Gasteiger partial charge in [0.15, 0.2) is 0 Å². The van der Waals surface area contributed by atoms with Gasteiger partial charge in [-0.3, -0.25) is 4.79 Å². The number of hydrogen-bond donors (Lipinski definition) is 1. The van der Waals surface area contributed by atoms with Gasteiger partial charge in [-0.2, -0.15) is 0 Å². The van der Waals surface area contributed by atoms with Crippen LogP contribution in [-0.4, -0.2) is 39.8 Å². The quantitative estimate of drug-likeness (QED) is 0.929. The number of ether oxygens (including phenoxy) is 1. The molecular weight excluding hydrogens is 290 g/mol. The third-order valence-corrected chi connectivity index (χ3v) is 5.16. The molecule has 1 fully saturated rings. The Labute approximate surface area is 128 Å². The Hall–Kier alpha value is -1.69. The minimum atomic E-state index is -0.973. The van der Waals surface area contributed by atoms with Gasteiger partial charge in [0.25, 0.3) is 0 Å². The Morgan fingerprint density at radius 2 is 1.86 bits per heavy atom. The highest BCUT2D eigenvalue weighted by atomic mass is 32.2. The molecule has 1 aliphatic rings. The number of carbonyl (C=O) groups excluding carboxylic acids is 1. The first-order chi connectivity index (χ1) is 9.77. The lowest BCUT2D eigenvalue weighted by molar-refractivity contribution is -0.150. The predicted molar refractivity (Wildman–Crippen MR) is 81.3 cm³/mol. The van der Waals surface area contributed by atoms with Crippen LogP contribution in [0.3, 0.4) is 0 Å². The van der Waals surface area contributed by atoms with Gasteiger partial charge in [-0.05, 0) is 31.5 Å². The molecule has 114 valence electrons. The number of hydrogen-bond acceptors (Lipinski definition) is 4. The summed E-state index contributed by atoms with van der Waals surface area (Å²) in [5.41, 5.74) is 0.896. The van der Waals surface area contributed by atoms with Crippen LogP contribution in [0.25, 0.3) is 0 Å². The van der Waals surface area contributed by atoms with Gasteiger partial charge < -0.3 is 14.7 Å². The number of amides is 1. The van der Waals surface area contributed by atoms with Crippen molar-refractivity contribution in [2.45, 2.75) is 36.9 Å². The first kappa shape index (κ1) is 15.7. The molecule has 2 atom stereocenters. The molecule has 2 unspecified atom stereocenters. The van der Waals surface area contributed by atoms with E-state index in [0.29, 0.717) is 0 Å². The molecule has 1 amide bonds. The van der Waals surface area contributed by atoms with Crippen LogP contribution in [0, 0.1) is 0 Å². The van der Waals surface area contributed by atoms with Crippen molar-refractivity contribution >= 4 is 23.6 Å². The van der Waals surface area contributed by atoms with Crippen molar-refractivity contribution in [3.8, 4) is 5.75 Å². The van der Waals surface area contributed by atoms with Gasteiger partial charge in [0.05, 0.1) is 7.11 Å². The fraction of sp³-hybridized carbons (Fsp3) is 0.467. The lowest BCUT2D eigenvalue weighted by Crippen LogP contribution is -2.48. The van der Waals surface area contributed by atoms with Crippen molar-refractivity contribution in [2.75, 3.05) is 7.11 Å². The second-order valence-corrected chi connectivity index (χ2v) is 7.25. The Morgan fingerprint density at radius 3 is 2.29 bits per heavy atom. The van der Waals surface area contributed by atoms with Crippen LogP contribution < -0.4 is 4.74 Å². The Morgan fingerprint density at radius 1 is 1.29 bits per heavy atom. The molecule has 2 rings (SSSR count). The number of carbonyl (C=O) groups is 2. The summed E-state index contributed by atoms with van der Waals surface area (Å²) in [5.74, 6) is -0.481. The van der Waals surface area contributed by atoms with E-state index < -0.39 is 16.8 Å². The summed E-state index contributed by atoms with van der Waals surface area (Å²) in [6.45, 7) is 5.13. The first-order valence-corrected chi connectivity index (χ1v) is 7.49. The Kier molecular flexibility index (Phi) is 4.18. The third kappa shape index (κ3) is 2.85. The summed E-state index contributed by atoms with van der Waals surface area (Å²) < 4.78 is 4.57. The fourth-order valence-corrected chi connectivity index (χ4v) is 4.24. The van der Waals surface area contributed by atoms with E-state index in [4.69, 9.17) is 4.74 Å². The van der Waals surface area contributed by atoms with E-state index in [1.807, 2.05) is 38.1 Å². The zero-order valence-electron chi connectivity index (χ0n) is 12.5. The molecular formula is C15H19NO4S. The number of benzene rings is 1. The van der Waals surface area contributed by atoms with E-state index in [0.717, 1.165) is 11.3 Å². The maximum Gasteiger partial charge on any atom is 0.327 e. The van der Waals surface area contributed by atoms with Crippen LogP contribution in [-0.2, 0) is 9.59 Å². The molecule has 1 N–H and O–H groups in total. The van der Waals surface area contributed by atoms with Crippen LogP contribution in [0.1, 0.15) is 31.7 Å². The van der Waals surface area contributed by atoms with Gasteiger partial charge >= 0.3 is 5.97 Å². The number of rotatable bonds is 3. The van der Waals surface area contributed by atoms with Gasteiger partial charge in [-0.1, -0.05) is 12.1 Å². The molecule has 1 heterocycles. The van der Waals surface area contributed by atoms with Gasteiger partial charge in [-0.25, -0.2) is 4.79 Å². The third-order valence-electron chi connectivity index (χ3n) is 3.60. The van der Waals surface area contributed by atoms with Gasteiger partial charge in [0.1, 0.15) is 17.2 Å². The smallest absolute Gasteiger partial charge is 0.327 e. The monoisotopic (exact) mass is 309 g/mol. The topological polar surface area (TPSA) is 66.8 Å². The molecule has 1 saturated heterocycles. The van der Waals surface area contributed by atoms with E-state index in [2.05, 4.69) is 0 Å². The predicted octanol–water partition coefficient (Wildman–Crippen LogP) is 2.52. The van der Waals surface area contributed by atoms with Crippen molar-refractivity contribution in [3.63, 3.8) is 0 Å². The van der Waals surface area contributed by atoms with Crippen molar-refractivity contribution in [2.24, 2.45) is 0 Å². The van der Waals surface area contributed by atoms with E-state index in [1.54, 1.807) is 7.11 Å². The number of carboxylic acid groups (broad SMARTS) is 1.